The number of ether oxygens (including phenoxy) is 1. The molecule has 0 aliphatic heterocycles. The Labute approximate surface area is 244 Å². The molecule has 8 heteroatoms. The molecule has 0 aliphatic rings. The molecule has 40 heavy (non-hydrogen) atoms. The Bertz CT molecular complexity index is 1070. The van der Waals surface area contributed by atoms with Crippen LogP contribution in [0.4, 0.5) is 4.79 Å². The molecule has 2 rings (SSSR count). The monoisotopic (exact) mass is 569 g/mol. The zero-order valence-electron chi connectivity index (χ0n) is 25.0. The minimum absolute atomic E-state index is 0.247. The number of benzene rings is 2. The SMILES string of the molecule is CCCCCCN(C(=O)C(CCSC)NC(=O)OC(C)(C)C)C(C(=O)NCc1ccccc1)c1ccccc1C. The molecule has 0 bridgehead atoms. The topological polar surface area (TPSA) is 87.7 Å². The summed E-state index contributed by atoms with van der Waals surface area (Å²) < 4.78 is 5.48. The lowest BCUT2D eigenvalue weighted by Crippen LogP contribution is -2.53. The number of amides is 3. The lowest BCUT2D eigenvalue weighted by molar-refractivity contribution is -0.142. The third kappa shape index (κ3) is 11.2. The van der Waals surface area contributed by atoms with Gasteiger partial charge in [-0.2, -0.15) is 11.8 Å². The van der Waals surface area contributed by atoms with Crippen molar-refractivity contribution in [2.24, 2.45) is 0 Å². The van der Waals surface area contributed by atoms with E-state index in [2.05, 4.69) is 17.6 Å². The van der Waals surface area contributed by atoms with Crippen LogP contribution in [0.1, 0.15) is 82.5 Å². The third-order valence-corrected chi connectivity index (χ3v) is 7.13. The Morgan fingerprint density at radius 3 is 2.27 bits per heavy atom. The number of thioether (sulfide) groups is 1. The summed E-state index contributed by atoms with van der Waals surface area (Å²) in [5.74, 6) is 0.146. The number of alkyl carbamates (subject to hydrolysis) is 1. The number of rotatable bonds is 15. The van der Waals surface area contributed by atoms with Crippen molar-refractivity contribution >= 4 is 29.7 Å². The van der Waals surface area contributed by atoms with Crippen LogP contribution in [0.2, 0.25) is 0 Å². The minimum atomic E-state index is -0.837. The van der Waals surface area contributed by atoms with Crippen LogP contribution in [0, 0.1) is 6.92 Å². The summed E-state index contributed by atoms with van der Waals surface area (Å²) in [5, 5.41) is 5.88. The largest absolute Gasteiger partial charge is 0.444 e. The van der Waals surface area contributed by atoms with Gasteiger partial charge in [-0.3, -0.25) is 9.59 Å². The summed E-state index contributed by atoms with van der Waals surface area (Å²) in [6, 6.07) is 15.7. The van der Waals surface area contributed by atoms with E-state index in [1.54, 1.807) is 37.4 Å². The third-order valence-electron chi connectivity index (χ3n) is 6.49. The molecule has 0 aliphatic carbocycles. The molecule has 0 aromatic heterocycles. The van der Waals surface area contributed by atoms with Crippen LogP contribution >= 0.6 is 11.8 Å². The molecule has 0 heterocycles. The molecule has 2 aromatic carbocycles. The molecule has 7 nitrogen and oxygen atoms in total. The van der Waals surface area contributed by atoms with Crippen LogP contribution in [0.3, 0.4) is 0 Å². The van der Waals surface area contributed by atoms with E-state index in [4.69, 9.17) is 4.74 Å². The van der Waals surface area contributed by atoms with Crippen molar-refractivity contribution in [3.05, 3.63) is 71.3 Å². The van der Waals surface area contributed by atoms with Gasteiger partial charge in [-0.1, -0.05) is 80.8 Å². The summed E-state index contributed by atoms with van der Waals surface area (Å²) >= 11 is 1.60. The van der Waals surface area contributed by atoms with Crippen LogP contribution in [0.15, 0.2) is 54.6 Å². The number of carbonyl (C=O) groups excluding carboxylic acids is 3. The minimum Gasteiger partial charge on any atom is -0.444 e. The van der Waals surface area contributed by atoms with E-state index in [0.29, 0.717) is 25.3 Å². The van der Waals surface area contributed by atoms with Gasteiger partial charge in [0, 0.05) is 13.1 Å². The number of aryl methyl sites for hydroxylation is 1. The van der Waals surface area contributed by atoms with Gasteiger partial charge in [-0.25, -0.2) is 4.79 Å². The van der Waals surface area contributed by atoms with Crippen molar-refractivity contribution in [2.45, 2.75) is 91.0 Å². The molecule has 0 spiro atoms. The molecule has 0 fully saturated rings. The second-order valence-electron chi connectivity index (χ2n) is 11.0. The van der Waals surface area contributed by atoms with E-state index in [-0.39, 0.29) is 11.8 Å². The summed E-state index contributed by atoms with van der Waals surface area (Å²) in [5.41, 5.74) is 1.98. The number of nitrogens with one attached hydrogen (secondary N) is 2. The maximum atomic E-state index is 14.3. The van der Waals surface area contributed by atoms with E-state index in [1.807, 2.05) is 67.8 Å². The first-order valence-electron chi connectivity index (χ1n) is 14.2. The Morgan fingerprint density at radius 2 is 1.65 bits per heavy atom. The van der Waals surface area contributed by atoms with Gasteiger partial charge < -0.3 is 20.3 Å². The van der Waals surface area contributed by atoms with Crippen LogP contribution in [0.5, 0.6) is 0 Å². The van der Waals surface area contributed by atoms with Crippen molar-refractivity contribution in [1.82, 2.24) is 15.5 Å². The van der Waals surface area contributed by atoms with Crippen molar-refractivity contribution < 1.29 is 19.1 Å². The average molecular weight is 570 g/mol. The van der Waals surface area contributed by atoms with E-state index >= 15 is 0 Å². The van der Waals surface area contributed by atoms with Gasteiger partial charge in [-0.05, 0) is 69.2 Å². The summed E-state index contributed by atoms with van der Waals surface area (Å²) in [6.45, 7) is 10.2. The van der Waals surface area contributed by atoms with Crippen molar-refractivity contribution in [3.8, 4) is 0 Å². The summed E-state index contributed by atoms with van der Waals surface area (Å²) in [6.07, 6.45) is 5.56. The predicted octanol–water partition coefficient (Wildman–Crippen LogP) is 6.41. The molecular formula is C32H47N3O4S. The fourth-order valence-electron chi connectivity index (χ4n) is 4.44. The molecule has 2 aromatic rings. The zero-order valence-corrected chi connectivity index (χ0v) is 25.8. The van der Waals surface area contributed by atoms with E-state index in [9.17, 15) is 14.4 Å². The number of hydrogen-bond acceptors (Lipinski definition) is 5. The van der Waals surface area contributed by atoms with Gasteiger partial charge >= 0.3 is 6.09 Å². The Morgan fingerprint density at radius 1 is 0.975 bits per heavy atom. The van der Waals surface area contributed by atoms with Gasteiger partial charge in [0.1, 0.15) is 17.7 Å². The maximum Gasteiger partial charge on any atom is 0.408 e. The van der Waals surface area contributed by atoms with Crippen LogP contribution in [0.25, 0.3) is 0 Å². The van der Waals surface area contributed by atoms with Gasteiger partial charge in [-0.15, -0.1) is 0 Å². The highest BCUT2D eigenvalue weighted by atomic mass is 32.2. The van der Waals surface area contributed by atoms with Gasteiger partial charge in [0.05, 0.1) is 0 Å². The Hall–Kier alpha value is -3.00. The quantitative estimate of drug-likeness (QED) is 0.242. The van der Waals surface area contributed by atoms with E-state index in [0.717, 1.165) is 42.4 Å². The van der Waals surface area contributed by atoms with Gasteiger partial charge in [0.25, 0.3) is 0 Å². The number of unbranched alkanes of at least 4 members (excludes halogenated alkanes) is 3. The number of carbonyl (C=O) groups is 3. The normalized spacial score (nSPS) is 12.8. The lowest BCUT2D eigenvalue weighted by Gasteiger charge is -2.35. The lowest BCUT2D eigenvalue weighted by atomic mass is 9.97. The highest BCUT2D eigenvalue weighted by Crippen LogP contribution is 2.27. The Kier molecular flexibility index (Phi) is 14.1. The number of hydrogen-bond donors (Lipinski definition) is 2. The molecule has 0 saturated carbocycles. The maximum absolute atomic E-state index is 14.3. The highest BCUT2D eigenvalue weighted by Gasteiger charge is 2.36. The first-order chi connectivity index (χ1) is 19.1. The standard InChI is InChI=1S/C32H47N3O4S/c1-7-8-9-15-21-35(30(37)27(20-22-40-6)34-31(38)39-32(3,4)5)28(26-19-14-13-16-24(26)2)29(36)33-23-25-17-11-10-12-18-25/h10-14,16-19,27-28H,7-9,15,20-23H2,1-6H3,(H,33,36)(H,34,38). The summed E-state index contributed by atoms with van der Waals surface area (Å²) in [4.78, 5) is 42.6. The molecule has 2 N–H and O–H groups in total. The molecular weight excluding hydrogens is 522 g/mol. The van der Waals surface area contributed by atoms with Gasteiger partial charge in [0.15, 0.2) is 0 Å². The fourth-order valence-corrected chi connectivity index (χ4v) is 4.92. The molecule has 0 radical (unpaired) electrons. The van der Waals surface area contributed by atoms with Crippen LogP contribution in [-0.2, 0) is 20.9 Å². The van der Waals surface area contributed by atoms with Gasteiger partial charge in [0.2, 0.25) is 11.8 Å². The number of nitrogens with zero attached hydrogens (tertiary/aromatic N) is 1. The van der Waals surface area contributed by atoms with Crippen molar-refractivity contribution in [3.63, 3.8) is 0 Å². The first kappa shape index (κ1) is 33.2. The molecule has 220 valence electrons. The molecule has 2 unspecified atom stereocenters. The van der Waals surface area contributed by atoms with Crippen molar-refractivity contribution in [2.75, 3.05) is 18.6 Å². The summed E-state index contributed by atoms with van der Waals surface area (Å²) in [7, 11) is 0. The smallest absolute Gasteiger partial charge is 0.408 e. The molecule has 3 amide bonds. The second kappa shape index (κ2) is 17.0. The molecule has 0 saturated heterocycles. The zero-order chi connectivity index (χ0) is 29.5. The molecule has 2 atom stereocenters. The fraction of sp³-hybridized carbons (Fsp3) is 0.531. The van der Waals surface area contributed by atoms with Crippen LogP contribution < -0.4 is 10.6 Å². The average Bonchev–Trinajstić information content (AvgIpc) is 2.91. The van der Waals surface area contributed by atoms with Crippen LogP contribution in [-0.4, -0.2) is 53.0 Å². The Balaban J connectivity index is 2.46. The van der Waals surface area contributed by atoms with E-state index < -0.39 is 23.8 Å². The first-order valence-corrected chi connectivity index (χ1v) is 15.6. The highest BCUT2D eigenvalue weighted by molar-refractivity contribution is 7.98. The second-order valence-corrected chi connectivity index (χ2v) is 12.0. The predicted molar refractivity (Wildman–Crippen MR) is 164 cm³/mol. The van der Waals surface area contributed by atoms with E-state index in [1.165, 1.54) is 0 Å². The van der Waals surface area contributed by atoms with Crippen molar-refractivity contribution in [1.29, 1.82) is 0 Å².